The number of carbonyl (C=O) groups excluding carboxylic acids is 4. The summed E-state index contributed by atoms with van der Waals surface area (Å²) < 4.78 is 86.6. The van der Waals surface area contributed by atoms with Crippen LogP contribution in [0.1, 0.15) is 40.5 Å². The number of aliphatic hydroxyl groups excluding tert-OH is 24. The predicted octanol–water partition coefficient (Wildman–Crippen LogP) is -19.5. The third kappa shape index (κ3) is 20.9. The molecule has 113 heavy (non-hydrogen) atoms. The van der Waals surface area contributed by atoms with Crippen LogP contribution in [0, 0.1) is 0 Å². The van der Waals surface area contributed by atoms with Crippen molar-refractivity contribution in [3.8, 4) is 0 Å². The van der Waals surface area contributed by atoms with E-state index in [0.717, 1.165) is 27.7 Å². The van der Waals surface area contributed by atoms with Crippen LogP contribution in [0.25, 0.3) is 0 Å². The Bertz CT molecular complexity index is 3110. The molecule has 0 spiro atoms. The van der Waals surface area contributed by atoms with E-state index in [1.54, 1.807) is 0 Å². The number of hydrogen-bond acceptors (Lipinski definition) is 45. The van der Waals surface area contributed by atoms with Gasteiger partial charge in [-0.3, -0.25) is 19.2 Å². The Morgan fingerprint density at radius 1 is 0.363 bits per heavy atom. The van der Waals surface area contributed by atoms with E-state index in [4.69, 9.17) is 71.1 Å². The Morgan fingerprint density at radius 3 is 1.06 bits per heavy atom. The summed E-state index contributed by atoms with van der Waals surface area (Å²) in [7, 11) is 0. The van der Waals surface area contributed by atoms with Crippen LogP contribution < -0.4 is 21.3 Å². The lowest BCUT2D eigenvalue weighted by Crippen LogP contribution is -2.70. The smallest absolute Gasteiger partial charge is 0.364 e. The van der Waals surface area contributed by atoms with Gasteiger partial charge in [0, 0.05) is 40.5 Å². The highest BCUT2D eigenvalue weighted by Crippen LogP contribution is 2.41. The first-order valence-corrected chi connectivity index (χ1v) is 35.4. The summed E-state index contributed by atoms with van der Waals surface area (Å²) >= 11 is 0. The average molecular weight is 1660 g/mol. The van der Waals surface area contributed by atoms with Crippen LogP contribution in [-0.2, 0) is 99.8 Å². The highest BCUT2D eigenvalue weighted by atomic mass is 16.8. The van der Waals surface area contributed by atoms with Crippen molar-refractivity contribution in [2.24, 2.45) is 0 Å². The van der Waals surface area contributed by atoms with Crippen molar-refractivity contribution in [3.05, 3.63) is 0 Å². The van der Waals surface area contributed by atoms with E-state index in [1.165, 1.54) is 0 Å². The monoisotopic (exact) mass is 1650 g/mol. The van der Waals surface area contributed by atoms with E-state index < -0.39 is 358 Å². The van der Waals surface area contributed by atoms with Gasteiger partial charge in [-0.05, 0) is 0 Å². The minimum Gasteiger partial charge on any atom is -0.477 e. The van der Waals surface area contributed by atoms with Gasteiger partial charge in [0.05, 0.1) is 77.1 Å². The molecule has 0 radical (unpaired) electrons. The largest absolute Gasteiger partial charge is 0.477 e. The molecule has 30 N–H and O–H groups in total. The van der Waals surface area contributed by atoms with Crippen molar-refractivity contribution in [2.45, 2.75) is 297 Å². The number of carbonyl (C=O) groups is 6. The molecule has 2 unspecified atom stereocenters. The van der Waals surface area contributed by atoms with Gasteiger partial charge in [0.25, 0.3) is 11.6 Å². The highest BCUT2D eigenvalue weighted by molar-refractivity contribution is 5.77. The maximum atomic E-state index is 13.0. The molecule has 8 heterocycles. The molecule has 652 valence electrons. The summed E-state index contributed by atoms with van der Waals surface area (Å²) in [5, 5.41) is 293. The number of amides is 4. The van der Waals surface area contributed by atoms with Crippen LogP contribution in [-0.4, -0.2) is 478 Å². The molecule has 51 nitrogen and oxygen atoms in total. The number of hydrogen-bond donors (Lipinski definition) is 30. The molecule has 0 aliphatic carbocycles. The maximum Gasteiger partial charge on any atom is 0.364 e. The third-order valence-electron chi connectivity index (χ3n) is 20.2. The van der Waals surface area contributed by atoms with Crippen molar-refractivity contribution in [3.63, 3.8) is 0 Å². The molecule has 0 aromatic rings. The second kappa shape index (κ2) is 39.9. The van der Waals surface area contributed by atoms with Gasteiger partial charge in [0.2, 0.25) is 23.6 Å². The fourth-order valence-corrected chi connectivity index (χ4v) is 14.2. The molecule has 0 bridgehead atoms. The highest BCUT2D eigenvalue weighted by Gasteiger charge is 2.62. The topological polar surface area (TPSA) is 815 Å². The molecular weight excluding hydrogens is 1550 g/mol. The van der Waals surface area contributed by atoms with Crippen LogP contribution in [0.15, 0.2) is 0 Å². The molecule has 0 aromatic carbocycles. The van der Waals surface area contributed by atoms with E-state index in [0.29, 0.717) is 0 Å². The fourth-order valence-electron chi connectivity index (χ4n) is 14.2. The Labute approximate surface area is 637 Å². The van der Waals surface area contributed by atoms with Crippen molar-refractivity contribution in [1.82, 2.24) is 21.3 Å². The van der Waals surface area contributed by atoms with Gasteiger partial charge < -0.3 is 225 Å². The second-order valence-electron chi connectivity index (χ2n) is 28.3. The molecule has 8 aliphatic heterocycles. The molecule has 8 rings (SSSR count). The summed E-state index contributed by atoms with van der Waals surface area (Å²) in [6.45, 7) is -5.57. The first-order valence-electron chi connectivity index (χ1n) is 35.4. The van der Waals surface area contributed by atoms with Gasteiger partial charge in [-0.1, -0.05) is 0 Å². The number of ether oxygens (including phenoxy) is 15. The predicted molar refractivity (Wildman–Crippen MR) is 345 cm³/mol. The molecule has 8 saturated heterocycles. The zero-order valence-electron chi connectivity index (χ0n) is 60.4. The first kappa shape index (κ1) is 93.8. The van der Waals surface area contributed by atoms with Gasteiger partial charge in [-0.15, -0.1) is 0 Å². The van der Waals surface area contributed by atoms with Crippen molar-refractivity contribution < 1.29 is 233 Å². The SMILES string of the molecule is CC(=O)N[C@H]1[C@@H](OC[C@H]2O[C@@H](O[C@@H]3[C@@H](O)[C@H](O)[C@H](O)O[C@@H]3CO)[C@@H](O)[C@@H](O[C@@H]3O[C@H](CO)[C@@H](O[C@H]4O[C@@H](CO[C@]5(C(=O)O)C[C@H](O)[C@@H](NC(C)=O)[C@@H]([C@@H](O)[C@@H](O)CO)O5)[C@@H](O)[C@H](O)[C@H]4O)C(O)[C@H]3NC(C)=O)[C@H]2O)O[C@@H](CO)[C@H](O[C@H]2O[C@@H](COC3(C(=O)O)C[C@H](O)[C@@H](NC(C)=O)[C@@H]([C@@H](O)[C@@H](O)CO)O3)[C@@H](O)[C@H](O)[C@H]2O)[C@@H]1O. The molecule has 8 fully saturated rings. The van der Waals surface area contributed by atoms with E-state index in [1.807, 2.05) is 0 Å². The summed E-state index contributed by atoms with van der Waals surface area (Å²) in [6.07, 6.45) is -79.9. The normalized spacial score (nSPS) is 45.6. The number of aliphatic carboxylic acids is 2. The zero-order valence-corrected chi connectivity index (χ0v) is 60.4. The summed E-state index contributed by atoms with van der Waals surface area (Å²) in [5.74, 6) is -13.8. The molecule has 42 atom stereocenters. The standard InChI is InChI=1S/C62H102N4O47/c1-15(72)63-29-19(76)5-61(59(95)96,112-50(29)33(80)21(78)7-67)100-13-27-35(82)40(87)44(91)56(106-27)108-47-24(10-70)103-54(31(38(47)85)65-17(3)74)99-12-26-37(84)52(46(93)58(105-26)110-49-23(9-69)102-53(94)43(90)42(49)89)111-55-32(66-18(4)75)39(86)48(25(11-71)104-55)109-57-45(92)41(88)36(83)28(107-57)14-101-62(60(97)98)6-20(77)30(64-16(2)73)51(113-62)34(81)22(79)8-68/h19-58,67-71,76-94H,5-14H2,1-4H3,(H,63,72)(H,64,73)(H,65,74)(H,66,75)(H,95,96)(H,97,98)/t19-,20-,21-,22-,23+,24-,25+,26+,27-,28-,29+,30+,31+,32+,33-,34-,35+,36+,37-,38+,39?,40-,41-,42-,43-,44+,45+,46-,47-,48+,49-,50-,51-,52-,53+,54-,55-,56+,57+,58-,61?,62+/m0/s1. The first-order chi connectivity index (χ1) is 53.0. The lowest BCUT2D eigenvalue weighted by molar-refractivity contribution is -0.385. The van der Waals surface area contributed by atoms with Crippen LogP contribution in [0.3, 0.4) is 0 Å². The zero-order chi connectivity index (χ0) is 84.1. The minimum atomic E-state index is -3.07. The Morgan fingerprint density at radius 2 is 0.690 bits per heavy atom. The van der Waals surface area contributed by atoms with Crippen molar-refractivity contribution in [2.75, 3.05) is 52.9 Å². The van der Waals surface area contributed by atoms with Crippen molar-refractivity contribution in [1.29, 1.82) is 0 Å². The molecule has 8 aliphatic rings. The number of rotatable bonds is 32. The van der Waals surface area contributed by atoms with Gasteiger partial charge in [-0.25, -0.2) is 9.59 Å². The van der Waals surface area contributed by atoms with Gasteiger partial charge in [0.15, 0.2) is 37.7 Å². The Kier molecular flexibility index (Phi) is 33.1. The van der Waals surface area contributed by atoms with E-state index in [-0.39, 0.29) is 0 Å². The van der Waals surface area contributed by atoms with Gasteiger partial charge >= 0.3 is 11.9 Å². The van der Waals surface area contributed by atoms with Crippen LogP contribution in [0.4, 0.5) is 0 Å². The Hall–Kier alpha value is -4.74. The van der Waals surface area contributed by atoms with Crippen molar-refractivity contribution >= 4 is 35.6 Å². The molecule has 51 heteroatoms. The molecular formula is C62H102N4O47. The van der Waals surface area contributed by atoms with E-state index >= 15 is 0 Å². The molecule has 4 amide bonds. The van der Waals surface area contributed by atoms with Crippen LogP contribution in [0.5, 0.6) is 0 Å². The molecule has 0 aromatic heterocycles. The Balaban J connectivity index is 1.02. The van der Waals surface area contributed by atoms with E-state index in [9.17, 15) is 162 Å². The lowest BCUT2D eigenvalue weighted by atomic mass is 9.88. The lowest BCUT2D eigenvalue weighted by Gasteiger charge is -2.50. The summed E-state index contributed by atoms with van der Waals surface area (Å²) in [4.78, 5) is 76.0. The number of nitrogens with one attached hydrogen (secondary N) is 4. The van der Waals surface area contributed by atoms with Crippen LogP contribution in [0.2, 0.25) is 0 Å². The number of carboxylic acid groups (broad SMARTS) is 2. The number of carboxylic acids is 2. The third-order valence-corrected chi connectivity index (χ3v) is 20.2. The van der Waals surface area contributed by atoms with Crippen LogP contribution >= 0.6 is 0 Å². The van der Waals surface area contributed by atoms with Gasteiger partial charge in [0.1, 0.15) is 183 Å². The average Bonchev–Trinajstić information content (AvgIpc) is 0.774. The number of aliphatic hydroxyl groups is 24. The summed E-state index contributed by atoms with van der Waals surface area (Å²) in [6, 6.07) is -7.27. The molecule has 0 saturated carbocycles. The second-order valence-corrected chi connectivity index (χ2v) is 28.3. The minimum absolute atomic E-state index is 0.829. The van der Waals surface area contributed by atoms with Gasteiger partial charge in [-0.2, -0.15) is 0 Å². The van der Waals surface area contributed by atoms with E-state index in [2.05, 4.69) is 21.3 Å². The quantitative estimate of drug-likeness (QED) is 0.0297. The fraction of sp³-hybridized carbons (Fsp3) is 0.903. The summed E-state index contributed by atoms with van der Waals surface area (Å²) in [5.41, 5.74) is 0. The maximum absolute atomic E-state index is 13.0.